The van der Waals surface area contributed by atoms with Crippen molar-refractivity contribution in [3.05, 3.63) is 18.2 Å². The molecule has 15 heavy (non-hydrogen) atoms. The molecular formula is C12H21N3. The molecule has 0 amide bonds. The second-order valence-electron chi connectivity index (χ2n) is 4.95. The van der Waals surface area contributed by atoms with Crippen molar-refractivity contribution in [2.24, 2.45) is 5.41 Å². The monoisotopic (exact) mass is 207 g/mol. The maximum absolute atomic E-state index is 4.38. The molecule has 3 nitrogen and oxygen atoms in total. The topological polar surface area (TPSA) is 29.9 Å². The summed E-state index contributed by atoms with van der Waals surface area (Å²) in [4.78, 5) is 4.38. The molecule has 1 N–H and O–H groups in total. The van der Waals surface area contributed by atoms with Crippen LogP contribution in [0.3, 0.4) is 0 Å². The maximum atomic E-state index is 4.38. The van der Waals surface area contributed by atoms with Gasteiger partial charge in [0.2, 0.25) is 0 Å². The third kappa shape index (κ3) is 2.81. The van der Waals surface area contributed by atoms with E-state index in [0.717, 1.165) is 19.6 Å². The zero-order chi connectivity index (χ0) is 10.7. The Morgan fingerprint density at radius 1 is 1.53 bits per heavy atom. The second-order valence-corrected chi connectivity index (χ2v) is 4.95. The van der Waals surface area contributed by atoms with Crippen LogP contribution in [0.1, 0.15) is 38.9 Å². The lowest BCUT2D eigenvalue weighted by molar-refractivity contribution is 0.484. The summed E-state index contributed by atoms with van der Waals surface area (Å²) in [5, 5.41) is 3.51. The van der Waals surface area contributed by atoms with Gasteiger partial charge >= 0.3 is 0 Å². The molecular weight excluding hydrogens is 186 g/mol. The number of imidazole rings is 1. The highest BCUT2D eigenvalue weighted by atomic mass is 15.1. The van der Waals surface area contributed by atoms with Gasteiger partial charge < -0.3 is 9.88 Å². The summed E-state index contributed by atoms with van der Waals surface area (Å²) in [5.41, 5.74) is 0.585. The molecule has 1 aromatic heterocycles. The van der Waals surface area contributed by atoms with Crippen molar-refractivity contribution in [3.8, 4) is 0 Å². The number of hydrogen-bond donors (Lipinski definition) is 1. The van der Waals surface area contributed by atoms with Crippen molar-refractivity contribution in [2.75, 3.05) is 6.54 Å². The molecule has 1 aromatic rings. The minimum Gasteiger partial charge on any atom is -0.334 e. The highest BCUT2D eigenvalue weighted by Gasteiger charge is 2.36. The Morgan fingerprint density at radius 3 is 3.00 bits per heavy atom. The van der Waals surface area contributed by atoms with E-state index >= 15 is 0 Å². The van der Waals surface area contributed by atoms with Crippen LogP contribution in [0.25, 0.3) is 0 Å². The number of nitrogens with zero attached hydrogens (tertiary/aromatic N) is 2. The van der Waals surface area contributed by atoms with Crippen molar-refractivity contribution < 1.29 is 0 Å². The Morgan fingerprint density at radius 2 is 2.33 bits per heavy atom. The van der Waals surface area contributed by atoms with Crippen LogP contribution in [0.2, 0.25) is 0 Å². The van der Waals surface area contributed by atoms with Crippen LogP contribution in [0.4, 0.5) is 0 Å². The minimum absolute atomic E-state index is 0.585. The summed E-state index contributed by atoms with van der Waals surface area (Å²) >= 11 is 0. The van der Waals surface area contributed by atoms with Gasteiger partial charge in [-0.05, 0) is 24.7 Å². The van der Waals surface area contributed by atoms with Crippen LogP contribution >= 0.6 is 0 Å². The first-order valence-electron chi connectivity index (χ1n) is 5.94. The fourth-order valence-corrected chi connectivity index (χ4v) is 1.82. The third-order valence-corrected chi connectivity index (χ3v) is 3.20. The van der Waals surface area contributed by atoms with Gasteiger partial charge in [0.15, 0.2) is 0 Å². The van der Waals surface area contributed by atoms with E-state index in [1.165, 1.54) is 25.1 Å². The molecule has 2 rings (SSSR count). The SMILES string of the molecule is CCCn1ccnc1CNCC1(C)CC1. The highest BCUT2D eigenvalue weighted by molar-refractivity contribution is 4.94. The van der Waals surface area contributed by atoms with E-state index in [-0.39, 0.29) is 0 Å². The number of nitrogens with one attached hydrogen (secondary N) is 1. The maximum Gasteiger partial charge on any atom is 0.122 e. The summed E-state index contributed by atoms with van der Waals surface area (Å²) < 4.78 is 2.24. The number of aryl methyl sites for hydroxylation is 1. The lowest BCUT2D eigenvalue weighted by atomic mass is 10.1. The molecule has 0 radical (unpaired) electrons. The predicted molar refractivity (Wildman–Crippen MR) is 61.6 cm³/mol. The first-order valence-corrected chi connectivity index (χ1v) is 5.94. The molecule has 0 bridgehead atoms. The summed E-state index contributed by atoms with van der Waals surface area (Å²) in [6, 6.07) is 0. The lowest BCUT2D eigenvalue weighted by Crippen LogP contribution is -2.23. The Hall–Kier alpha value is -0.830. The second kappa shape index (κ2) is 4.35. The van der Waals surface area contributed by atoms with Crippen molar-refractivity contribution in [1.29, 1.82) is 0 Å². The third-order valence-electron chi connectivity index (χ3n) is 3.20. The van der Waals surface area contributed by atoms with Crippen molar-refractivity contribution >= 4 is 0 Å². The molecule has 0 unspecified atom stereocenters. The number of hydrogen-bond acceptors (Lipinski definition) is 2. The van der Waals surface area contributed by atoms with Gasteiger partial charge in [0, 0.05) is 25.5 Å². The quantitative estimate of drug-likeness (QED) is 0.775. The minimum atomic E-state index is 0.585. The Bertz CT molecular complexity index is 312. The molecule has 1 fully saturated rings. The van der Waals surface area contributed by atoms with Gasteiger partial charge in [-0.25, -0.2) is 4.98 Å². The number of rotatable bonds is 6. The fraction of sp³-hybridized carbons (Fsp3) is 0.750. The summed E-state index contributed by atoms with van der Waals surface area (Å²) in [5.74, 6) is 1.17. The van der Waals surface area contributed by atoms with Gasteiger partial charge in [-0.15, -0.1) is 0 Å². The average Bonchev–Trinajstić information content (AvgIpc) is 2.76. The highest BCUT2D eigenvalue weighted by Crippen LogP contribution is 2.44. The molecule has 3 heteroatoms. The molecule has 0 saturated heterocycles. The summed E-state index contributed by atoms with van der Waals surface area (Å²) in [6.07, 6.45) is 7.89. The molecule has 0 atom stereocenters. The smallest absolute Gasteiger partial charge is 0.122 e. The van der Waals surface area contributed by atoms with Gasteiger partial charge in [-0.3, -0.25) is 0 Å². The molecule has 1 heterocycles. The van der Waals surface area contributed by atoms with Gasteiger partial charge in [-0.2, -0.15) is 0 Å². The molecule has 0 aliphatic heterocycles. The van der Waals surface area contributed by atoms with Gasteiger partial charge in [0.05, 0.1) is 6.54 Å². The standard InChI is InChI=1S/C12H21N3/c1-3-7-15-8-6-14-11(15)9-13-10-12(2)4-5-12/h6,8,13H,3-5,7,9-10H2,1-2H3. The van der Waals surface area contributed by atoms with Crippen LogP contribution < -0.4 is 5.32 Å². The van der Waals surface area contributed by atoms with Crippen LogP contribution in [0, 0.1) is 5.41 Å². The van der Waals surface area contributed by atoms with Gasteiger partial charge in [0.1, 0.15) is 5.82 Å². The fourth-order valence-electron chi connectivity index (χ4n) is 1.82. The van der Waals surface area contributed by atoms with Crippen LogP contribution in [-0.2, 0) is 13.1 Å². The molecule has 1 saturated carbocycles. The largest absolute Gasteiger partial charge is 0.334 e. The Kier molecular flexibility index (Phi) is 3.10. The van der Waals surface area contributed by atoms with Crippen molar-refractivity contribution in [2.45, 2.75) is 46.2 Å². The van der Waals surface area contributed by atoms with Gasteiger partial charge in [0.25, 0.3) is 0 Å². The van der Waals surface area contributed by atoms with E-state index in [1.54, 1.807) is 0 Å². The van der Waals surface area contributed by atoms with E-state index in [0.29, 0.717) is 5.41 Å². The Labute approximate surface area is 91.9 Å². The molecule has 0 aromatic carbocycles. The Balaban J connectivity index is 1.79. The van der Waals surface area contributed by atoms with Crippen LogP contribution in [0.5, 0.6) is 0 Å². The predicted octanol–water partition coefficient (Wildman–Crippen LogP) is 2.18. The first kappa shape index (κ1) is 10.7. The van der Waals surface area contributed by atoms with E-state index in [2.05, 4.69) is 34.9 Å². The van der Waals surface area contributed by atoms with E-state index in [1.807, 2.05) is 6.20 Å². The van der Waals surface area contributed by atoms with Crippen molar-refractivity contribution in [1.82, 2.24) is 14.9 Å². The van der Waals surface area contributed by atoms with E-state index < -0.39 is 0 Å². The van der Waals surface area contributed by atoms with Crippen LogP contribution in [-0.4, -0.2) is 16.1 Å². The van der Waals surface area contributed by atoms with E-state index in [9.17, 15) is 0 Å². The average molecular weight is 207 g/mol. The summed E-state index contributed by atoms with van der Waals surface area (Å²) in [7, 11) is 0. The first-order chi connectivity index (χ1) is 7.23. The lowest BCUT2D eigenvalue weighted by Gasteiger charge is -2.10. The molecule has 1 aliphatic rings. The van der Waals surface area contributed by atoms with Crippen molar-refractivity contribution in [3.63, 3.8) is 0 Å². The van der Waals surface area contributed by atoms with Crippen LogP contribution in [0.15, 0.2) is 12.4 Å². The summed E-state index contributed by atoms with van der Waals surface area (Å²) in [6.45, 7) is 7.66. The zero-order valence-corrected chi connectivity index (χ0v) is 9.79. The normalized spacial score (nSPS) is 18.0. The molecule has 84 valence electrons. The van der Waals surface area contributed by atoms with Gasteiger partial charge in [-0.1, -0.05) is 13.8 Å². The molecule has 1 aliphatic carbocycles. The van der Waals surface area contributed by atoms with E-state index in [4.69, 9.17) is 0 Å². The number of aromatic nitrogens is 2. The molecule has 0 spiro atoms. The zero-order valence-electron chi connectivity index (χ0n) is 9.79.